The summed E-state index contributed by atoms with van der Waals surface area (Å²) in [5.74, 6) is -0.298. The molecular weight excluding hydrogens is 307 g/mol. The molecule has 2 N–H and O–H groups in total. The third-order valence-electron chi connectivity index (χ3n) is 4.34. The zero-order valence-corrected chi connectivity index (χ0v) is 12.9. The predicted octanol–water partition coefficient (Wildman–Crippen LogP) is 3.14. The molecule has 0 radical (unpaired) electrons. The number of amides is 1. The van der Waals surface area contributed by atoms with Crippen molar-refractivity contribution in [3.63, 3.8) is 0 Å². The lowest BCUT2D eigenvalue weighted by molar-refractivity contribution is -0.116. The normalized spacial score (nSPS) is 13.6. The summed E-state index contributed by atoms with van der Waals surface area (Å²) < 4.78 is 13.4. The number of anilines is 1. The molecule has 1 aromatic heterocycles. The number of halogens is 1. The lowest BCUT2D eigenvalue weighted by Gasteiger charge is -2.17. The second-order valence-electron chi connectivity index (χ2n) is 6.07. The average molecular weight is 322 g/mol. The molecule has 1 aliphatic heterocycles. The Morgan fingerprint density at radius 1 is 1.00 bits per heavy atom. The van der Waals surface area contributed by atoms with Crippen molar-refractivity contribution in [3.05, 3.63) is 75.3 Å². The maximum absolute atomic E-state index is 13.4. The summed E-state index contributed by atoms with van der Waals surface area (Å²) in [5.41, 5.74) is 3.96. The van der Waals surface area contributed by atoms with E-state index in [1.54, 1.807) is 12.1 Å². The Balaban J connectivity index is 1.70. The summed E-state index contributed by atoms with van der Waals surface area (Å²) in [5, 5.41) is 3.52. The first kappa shape index (κ1) is 14.6. The van der Waals surface area contributed by atoms with Crippen LogP contribution < -0.4 is 10.9 Å². The first-order valence-corrected chi connectivity index (χ1v) is 7.81. The van der Waals surface area contributed by atoms with E-state index in [1.807, 2.05) is 18.2 Å². The Hall–Kier alpha value is -2.95. The van der Waals surface area contributed by atoms with Gasteiger partial charge in [0.15, 0.2) is 0 Å². The summed E-state index contributed by atoms with van der Waals surface area (Å²) in [6.45, 7) is 0. The van der Waals surface area contributed by atoms with Gasteiger partial charge in [0.2, 0.25) is 5.91 Å². The molecule has 1 aliphatic rings. The summed E-state index contributed by atoms with van der Waals surface area (Å²) in [6, 6.07) is 11.8. The predicted molar refractivity (Wildman–Crippen MR) is 90.7 cm³/mol. The van der Waals surface area contributed by atoms with Crippen LogP contribution in [0.4, 0.5) is 10.1 Å². The van der Waals surface area contributed by atoms with Crippen LogP contribution in [0.25, 0.3) is 10.9 Å². The van der Waals surface area contributed by atoms with Gasteiger partial charge >= 0.3 is 0 Å². The van der Waals surface area contributed by atoms with Gasteiger partial charge in [-0.25, -0.2) is 4.39 Å². The fourth-order valence-electron chi connectivity index (χ4n) is 3.12. The van der Waals surface area contributed by atoms with Crippen LogP contribution in [-0.4, -0.2) is 10.9 Å². The van der Waals surface area contributed by atoms with Crippen molar-refractivity contribution in [2.24, 2.45) is 0 Å². The van der Waals surface area contributed by atoms with E-state index >= 15 is 0 Å². The molecule has 0 fully saturated rings. The van der Waals surface area contributed by atoms with Crippen molar-refractivity contribution in [1.82, 2.24) is 4.98 Å². The highest BCUT2D eigenvalue weighted by molar-refractivity contribution is 5.93. The molecule has 4 rings (SSSR count). The maximum Gasteiger partial charge on any atom is 0.251 e. The molecule has 0 saturated carbocycles. The van der Waals surface area contributed by atoms with Crippen molar-refractivity contribution in [2.75, 3.05) is 5.32 Å². The number of carbonyl (C=O) groups is 1. The van der Waals surface area contributed by atoms with E-state index in [0.29, 0.717) is 35.7 Å². The van der Waals surface area contributed by atoms with Crippen molar-refractivity contribution < 1.29 is 9.18 Å². The smallest absolute Gasteiger partial charge is 0.251 e. The molecule has 0 saturated heterocycles. The molecule has 5 heteroatoms. The second-order valence-corrected chi connectivity index (χ2v) is 6.07. The van der Waals surface area contributed by atoms with Gasteiger partial charge in [-0.15, -0.1) is 0 Å². The number of carbonyl (C=O) groups excluding carboxylic acids is 1. The number of aryl methyl sites for hydroxylation is 1. The second kappa shape index (κ2) is 5.60. The molecule has 2 heterocycles. The monoisotopic (exact) mass is 322 g/mol. The molecular formula is C19H15FN2O2. The minimum atomic E-state index is -0.329. The molecule has 0 bridgehead atoms. The number of benzene rings is 2. The quantitative estimate of drug-likeness (QED) is 0.761. The number of aromatic amines is 1. The molecule has 24 heavy (non-hydrogen) atoms. The Morgan fingerprint density at radius 2 is 1.88 bits per heavy atom. The molecule has 120 valence electrons. The van der Waals surface area contributed by atoms with Crippen LogP contribution in [0.15, 0.2) is 47.3 Å². The fourth-order valence-corrected chi connectivity index (χ4v) is 3.12. The summed E-state index contributed by atoms with van der Waals surface area (Å²) in [6.07, 6.45) is 1.64. The van der Waals surface area contributed by atoms with Gasteiger partial charge < -0.3 is 10.3 Å². The van der Waals surface area contributed by atoms with Crippen LogP contribution in [-0.2, 0) is 17.6 Å². The Labute approximate surface area is 137 Å². The van der Waals surface area contributed by atoms with E-state index in [2.05, 4.69) is 10.3 Å². The van der Waals surface area contributed by atoms with Gasteiger partial charge in [0, 0.05) is 35.0 Å². The standard InChI is InChI=1S/C19H15FN2O2/c20-15-3-5-17-13(10-15)9-14(19(24)22-17)8-11-1-4-16-12(7-11)2-6-18(23)21-16/h1,3-5,7,9-10H,2,6,8H2,(H,21,23)(H,22,24). The Morgan fingerprint density at radius 3 is 2.75 bits per heavy atom. The van der Waals surface area contributed by atoms with Gasteiger partial charge in [-0.05, 0) is 47.9 Å². The van der Waals surface area contributed by atoms with Crippen molar-refractivity contribution in [3.8, 4) is 0 Å². The molecule has 0 aliphatic carbocycles. The topological polar surface area (TPSA) is 62.0 Å². The van der Waals surface area contributed by atoms with Crippen molar-refractivity contribution >= 4 is 22.5 Å². The zero-order valence-electron chi connectivity index (χ0n) is 12.9. The molecule has 0 unspecified atom stereocenters. The largest absolute Gasteiger partial charge is 0.326 e. The lowest BCUT2D eigenvalue weighted by Crippen LogP contribution is -2.19. The highest BCUT2D eigenvalue weighted by atomic mass is 19.1. The van der Waals surface area contributed by atoms with Crippen LogP contribution in [0.3, 0.4) is 0 Å². The Bertz CT molecular complexity index is 1020. The molecule has 2 aromatic carbocycles. The summed E-state index contributed by atoms with van der Waals surface area (Å²) in [4.78, 5) is 26.5. The molecule has 1 amide bonds. The first-order chi connectivity index (χ1) is 11.6. The van der Waals surface area contributed by atoms with Crippen LogP contribution in [0.2, 0.25) is 0 Å². The Kier molecular flexibility index (Phi) is 3.41. The van der Waals surface area contributed by atoms with Gasteiger partial charge in [0.05, 0.1) is 0 Å². The van der Waals surface area contributed by atoms with E-state index in [0.717, 1.165) is 16.8 Å². The van der Waals surface area contributed by atoms with Crippen LogP contribution in [0.5, 0.6) is 0 Å². The van der Waals surface area contributed by atoms with Crippen LogP contribution in [0.1, 0.15) is 23.1 Å². The number of hydrogen-bond acceptors (Lipinski definition) is 2. The van der Waals surface area contributed by atoms with Crippen LogP contribution in [0, 0.1) is 5.82 Å². The van der Waals surface area contributed by atoms with Crippen molar-refractivity contribution in [1.29, 1.82) is 0 Å². The van der Waals surface area contributed by atoms with E-state index in [9.17, 15) is 14.0 Å². The molecule has 3 aromatic rings. The number of aromatic nitrogens is 1. The van der Waals surface area contributed by atoms with E-state index in [1.165, 1.54) is 12.1 Å². The number of hydrogen-bond donors (Lipinski definition) is 2. The minimum Gasteiger partial charge on any atom is -0.326 e. The first-order valence-electron chi connectivity index (χ1n) is 7.81. The van der Waals surface area contributed by atoms with Gasteiger partial charge in [0.1, 0.15) is 5.82 Å². The highest BCUT2D eigenvalue weighted by Crippen LogP contribution is 2.24. The number of fused-ring (bicyclic) bond motifs is 2. The number of H-pyrrole nitrogens is 1. The maximum atomic E-state index is 13.4. The summed E-state index contributed by atoms with van der Waals surface area (Å²) >= 11 is 0. The number of pyridine rings is 1. The van der Waals surface area contributed by atoms with Gasteiger partial charge in [-0.2, -0.15) is 0 Å². The van der Waals surface area contributed by atoms with E-state index < -0.39 is 0 Å². The zero-order chi connectivity index (χ0) is 16.7. The third kappa shape index (κ3) is 2.69. The van der Waals surface area contributed by atoms with Gasteiger partial charge in [-0.1, -0.05) is 12.1 Å². The summed E-state index contributed by atoms with van der Waals surface area (Å²) in [7, 11) is 0. The van der Waals surface area contributed by atoms with Crippen molar-refractivity contribution in [2.45, 2.75) is 19.3 Å². The third-order valence-corrected chi connectivity index (χ3v) is 4.34. The van der Waals surface area contributed by atoms with E-state index in [-0.39, 0.29) is 17.3 Å². The fraction of sp³-hybridized carbons (Fsp3) is 0.158. The number of rotatable bonds is 2. The molecule has 4 nitrogen and oxygen atoms in total. The average Bonchev–Trinajstić information content (AvgIpc) is 2.56. The van der Waals surface area contributed by atoms with Crippen LogP contribution >= 0.6 is 0 Å². The van der Waals surface area contributed by atoms with E-state index in [4.69, 9.17) is 0 Å². The SMILES string of the molecule is O=C1CCc2cc(Cc3cc4cc(F)ccc4[nH]c3=O)ccc2N1. The highest BCUT2D eigenvalue weighted by Gasteiger charge is 2.15. The number of nitrogens with one attached hydrogen (secondary N) is 2. The van der Waals surface area contributed by atoms with Gasteiger partial charge in [0.25, 0.3) is 5.56 Å². The minimum absolute atomic E-state index is 0.0308. The molecule has 0 spiro atoms. The lowest BCUT2D eigenvalue weighted by atomic mass is 9.97. The molecule has 0 atom stereocenters. The van der Waals surface area contributed by atoms with Gasteiger partial charge in [-0.3, -0.25) is 9.59 Å².